The van der Waals surface area contributed by atoms with Crippen LogP contribution in [0.1, 0.15) is 11.1 Å². The largest absolute Gasteiger partial charge is 0.364 e. The molecule has 0 amide bonds. The molecule has 0 bridgehead atoms. The Morgan fingerprint density at radius 1 is 1.00 bits per heavy atom. The van der Waals surface area contributed by atoms with Crippen molar-refractivity contribution in [2.45, 2.75) is 13.8 Å². The summed E-state index contributed by atoms with van der Waals surface area (Å²) in [4.78, 5) is 2.25. The summed E-state index contributed by atoms with van der Waals surface area (Å²) in [6, 6.07) is 6.57. The van der Waals surface area contributed by atoms with Gasteiger partial charge in [-0.3, -0.25) is 0 Å². The van der Waals surface area contributed by atoms with Crippen LogP contribution < -0.4 is 4.90 Å². The molecular formula is C14H19N. The van der Waals surface area contributed by atoms with E-state index >= 15 is 0 Å². The fourth-order valence-electron chi connectivity index (χ4n) is 1.73. The van der Waals surface area contributed by atoms with E-state index in [1.807, 2.05) is 12.2 Å². The lowest BCUT2D eigenvalue weighted by molar-refractivity contribution is 0.954. The smallest absolute Gasteiger partial charge is 0.0377 e. The maximum absolute atomic E-state index is 3.78. The summed E-state index contributed by atoms with van der Waals surface area (Å²) in [6.07, 6.45) is 3.84. The third-order valence-electron chi connectivity index (χ3n) is 2.27. The molecule has 0 radical (unpaired) electrons. The Hall–Kier alpha value is -1.50. The van der Waals surface area contributed by atoms with Gasteiger partial charge >= 0.3 is 0 Å². The van der Waals surface area contributed by atoms with Gasteiger partial charge in [0, 0.05) is 18.8 Å². The van der Waals surface area contributed by atoms with Crippen molar-refractivity contribution in [3.05, 3.63) is 54.6 Å². The molecule has 1 heteroatoms. The molecule has 0 aliphatic carbocycles. The zero-order chi connectivity index (χ0) is 11.3. The summed E-state index contributed by atoms with van der Waals surface area (Å²) >= 11 is 0. The Kier molecular flexibility index (Phi) is 4.17. The van der Waals surface area contributed by atoms with Crippen molar-refractivity contribution in [2.75, 3.05) is 18.0 Å². The van der Waals surface area contributed by atoms with Crippen LogP contribution in [0.5, 0.6) is 0 Å². The molecule has 0 saturated heterocycles. The summed E-state index contributed by atoms with van der Waals surface area (Å²) < 4.78 is 0. The quantitative estimate of drug-likeness (QED) is 0.659. The van der Waals surface area contributed by atoms with Gasteiger partial charge in [-0.15, -0.1) is 13.2 Å². The van der Waals surface area contributed by atoms with Crippen molar-refractivity contribution in [3.8, 4) is 0 Å². The summed E-state index contributed by atoms with van der Waals surface area (Å²) in [5, 5.41) is 0. The number of benzene rings is 1. The van der Waals surface area contributed by atoms with Crippen LogP contribution in [0.3, 0.4) is 0 Å². The number of anilines is 1. The summed E-state index contributed by atoms with van der Waals surface area (Å²) in [5.74, 6) is 0. The first-order valence-electron chi connectivity index (χ1n) is 5.22. The summed E-state index contributed by atoms with van der Waals surface area (Å²) in [7, 11) is 0. The van der Waals surface area contributed by atoms with E-state index in [1.54, 1.807) is 0 Å². The van der Waals surface area contributed by atoms with Crippen LogP contribution >= 0.6 is 0 Å². The average Bonchev–Trinajstić information content (AvgIpc) is 2.16. The van der Waals surface area contributed by atoms with Gasteiger partial charge in [0.25, 0.3) is 0 Å². The van der Waals surface area contributed by atoms with Crippen LogP contribution in [-0.4, -0.2) is 13.1 Å². The number of nitrogens with zero attached hydrogens (tertiary/aromatic N) is 1. The molecule has 1 aromatic rings. The van der Waals surface area contributed by atoms with Gasteiger partial charge in [0.15, 0.2) is 0 Å². The van der Waals surface area contributed by atoms with Gasteiger partial charge in [-0.2, -0.15) is 0 Å². The topological polar surface area (TPSA) is 3.24 Å². The lowest BCUT2D eigenvalue weighted by Crippen LogP contribution is -2.23. The van der Waals surface area contributed by atoms with Crippen LogP contribution in [-0.2, 0) is 0 Å². The fraction of sp³-hybridized carbons (Fsp3) is 0.286. The van der Waals surface area contributed by atoms with E-state index in [1.165, 1.54) is 16.8 Å². The number of rotatable bonds is 5. The van der Waals surface area contributed by atoms with Gasteiger partial charge in [-0.05, 0) is 37.1 Å². The monoisotopic (exact) mass is 201 g/mol. The van der Waals surface area contributed by atoms with E-state index in [0.29, 0.717) is 0 Å². The SMILES string of the molecule is C=CCN(CC=C)c1cc(C)cc(C)c1. The molecule has 0 atom stereocenters. The Morgan fingerprint density at radius 3 is 1.87 bits per heavy atom. The first-order valence-corrected chi connectivity index (χ1v) is 5.22. The maximum atomic E-state index is 3.78. The van der Waals surface area contributed by atoms with Crippen molar-refractivity contribution in [1.82, 2.24) is 0 Å². The molecule has 1 rings (SSSR count). The van der Waals surface area contributed by atoms with E-state index in [2.05, 4.69) is 50.1 Å². The molecule has 0 aliphatic heterocycles. The molecule has 0 aromatic heterocycles. The fourth-order valence-corrected chi connectivity index (χ4v) is 1.73. The molecule has 15 heavy (non-hydrogen) atoms. The maximum Gasteiger partial charge on any atom is 0.0377 e. The third kappa shape index (κ3) is 3.28. The average molecular weight is 201 g/mol. The standard InChI is InChI=1S/C14H19N/c1-5-7-15(8-6-2)14-10-12(3)9-13(4)11-14/h5-6,9-11H,1-2,7-8H2,3-4H3. The van der Waals surface area contributed by atoms with E-state index in [-0.39, 0.29) is 0 Å². The Morgan fingerprint density at radius 2 is 1.47 bits per heavy atom. The van der Waals surface area contributed by atoms with Crippen molar-refractivity contribution in [3.63, 3.8) is 0 Å². The van der Waals surface area contributed by atoms with Gasteiger partial charge in [0.05, 0.1) is 0 Å². The molecule has 0 spiro atoms. The van der Waals surface area contributed by atoms with Gasteiger partial charge in [0.1, 0.15) is 0 Å². The molecule has 1 nitrogen and oxygen atoms in total. The first-order chi connectivity index (χ1) is 7.17. The first kappa shape index (κ1) is 11.6. The molecule has 1 aromatic carbocycles. The van der Waals surface area contributed by atoms with Crippen molar-refractivity contribution >= 4 is 5.69 Å². The number of aryl methyl sites for hydroxylation is 2. The molecule has 0 fully saturated rings. The van der Waals surface area contributed by atoms with E-state index < -0.39 is 0 Å². The molecule has 0 unspecified atom stereocenters. The second kappa shape index (κ2) is 5.40. The van der Waals surface area contributed by atoms with Gasteiger partial charge in [-0.25, -0.2) is 0 Å². The van der Waals surface area contributed by atoms with Crippen LogP contribution in [0.4, 0.5) is 5.69 Å². The Bertz CT molecular complexity index is 322. The predicted molar refractivity (Wildman–Crippen MR) is 68.5 cm³/mol. The third-order valence-corrected chi connectivity index (χ3v) is 2.27. The van der Waals surface area contributed by atoms with Crippen molar-refractivity contribution in [1.29, 1.82) is 0 Å². The van der Waals surface area contributed by atoms with Gasteiger partial charge < -0.3 is 4.90 Å². The molecule has 0 saturated carbocycles. The second-order valence-corrected chi connectivity index (χ2v) is 3.83. The Balaban J connectivity index is 2.98. The van der Waals surface area contributed by atoms with Crippen LogP contribution in [0.15, 0.2) is 43.5 Å². The van der Waals surface area contributed by atoms with Crippen LogP contribution in [0, 0.1) is 13.8 Å². The number of hydrogen-bond donors (Lipinski definition) is 0. The highest BCUT2D eigenvalue weighted by atomic mass is 15.1. The zero-order valence-electron chi connectivity index (χ0n) is 9.66. The van der Waals surface area contributed by atoms with Crippen LogP contribution in [0.25, 0.3) is 0 Å². The van der Waals surface area contributed by atoms with E-state index in [4.69, 9.17) is 0 Å². The summed E-state index contributed by atoms with van der Waals surface area (Å²) in [6.45, 7) is 13.5. The molecule has 80 valence electrons. The van der Waals surface area contributed by atoms with E-state index in [0.717, 1.165) is 13.1 Å². The predicted octanol–water partition coefficient (Wildman–Crippen LogP) is 3.48. The molecular weight excluding hydrogens is 182 g/mol. The van der Waals surface area contributed by atoms with Crippen LogP contribution in [0.2, 0.25) is 0 Å². The normalized spacial score (nSPS) is 9.73. The molecule has 0 N–H and O–H groups in total. The Labute approximate surface area is 92.7 Å². The molecule has 0 heterocycles. The lowest BCUT2D eigenvalue weighted by atomic mass is 10.1. The summed E-state index contributed by atoms with van der Waals surface area (Å²) in [5.41, 5.74) is 3.83. The van der Waals surface area contributed by atoms with Crippen molar-refractivity contribution in [2.24, 2.45) is 0 Å². The van der Waals surface area contributed by atoms with E-state index in [9.17, 15) is 0 Å². The van der Waals surface area contributed by atoms with Crippen molar-refractivity contribution < 1.29 is 0 Å². The highest BCUT2D eigenvalue weighted by molar-refractivity contribution is 5.51. The molecule has 0 aliphatic rings. The zero-order valence-corrected chi connectivity index (χ0v) is 9.66. The highest BCUT2D eigenvalue weighted by Crippen LogP contribution is 2.18. The van der Waals surface area contributed by atoms with Gasteiger partial charge in [0.2, 0.25) is 0 Å². The minimum Gasteiger partial charge on any atom is -0.364 e. The second-order valence-electron chi connectivity index (χ2n) is 3.83. The highest BCUT2D eigenvalue weighted by Gasteiger charge is 2.03. The minimum atomic E-state index is 0.856. The lowest BCUT2D eigenvalue weighted by Gasteiger charge is -2.22. The number of hydrogen-bond acceptors (Lipinski definition) is 1. The minimum absolute atomic E-state index is 0.856. The van der Waals surface area contributed by atoms with Gasteiger partial charge in [-0.1, -0.05) is 18.2 Å².